The predicted octanol–water partition coefficient (Wildman–Crippen LogP) is 1.41. The summed E-state index contributed by atoms with van der Waals surface area (Å²) >= 11 is 0. The number of benzene rings is 1. The minimum absolute atomic E-state index is 0.233. The zero-order valence-electron chi connectivity index (χ0n) is 11.3. The number of carboxylic acids is 1. The molecule has 0 unspecified atom stereocenters. The van der Waals surface area contributed by atoms with E-state index in [2.05, 4.69) is 5.32 Å². The maximum Gasteiger partial charge on any atom is 0.335 e. The topological polar surface area (TPSA) is 106 Å². The lowest BCUT2D eigenvalue weighted by atomic mass is 10.1. The van der Waals surface area contributed by atoms with E-state index in [1.165, 1.54) is 0 Å². The summed E-state index contributed by atoms with van der Waals surface area (Å²) < 4.78 is 5.24. The van der Waals surface area contributed by atoms with Crippen LogP contribution in [0.15, 0.2) is 40.8 Å². The van der Waals surface area contributed by atoms with Crippen molar-refractivity contribution in [3.8, 4) is 0 Å². The maximum absolute atomic E-state index is 11.8. The van der Waals surface area contributed by atoms with Crippen LogP contribution in [0.5, 0.6) is 0 Å². The van der Waals surface area contributed by atoms with Crippen LogP contribution in [0, 0.1) is 0 Å². The second kappa shape index (κ2) is 6.71. The van der Waals surface area contributed by atoms with Crippen molar-refractivity contribution < 1.29 is 19.1 Å². The lowest BCUT2D eigenvalue weighted by molar-refractivity contribution is 0.0696. The van der Waals surface area contributed by atoms with Crippen LogP contribution in [0.25, 0.3) is 0 Å². The molecule has 0 bridgehead atoms. The summed E-state index contributed by atoms with van der Waals surface area (Å²) in [5, 5.41) is 11.5. The van der Waals surface area contributed by atoms with Crippen LogP contribution < -0.4 is 11.1 Å². The number of hydrogen-bond donors (Lipinski definition) is 3. The number of furan rings is 1. The molecule has 1 aromatic carbocycles. The maximum atomic E-state index is 11.8. The van der Waals surface area contributed by atoms with Gasteiger partial charge in [0.2, 0.25) is 0 Å². The summed E-state index contributed by atoms with van der Waals surface area (Å²) in [6.07, 6.45) is 0.607. The van der Waals surface area contributed by atoms with Gasteiger partial charge in [0, 0.05) is 6.54 Å². The highest BCUT2D eigenvalue weighted by atomic mass is 16.4. The minimum Gasteiger partial charge on any atom is -0.478 e. The molecular formula is C15H16N2O4. The zero-order chi connectivity index (χ0) is 15.2. The van der Waals surface area contributed by atoms with Gasteiger partial charge in [0.15, 0.2) is 5.76 Å². The molecule has 1 amide bonds. The van der Waals surface area contributed by atoms with Crippen molar-refractivity contribution in [3.05, 3.63) is 59.0 Å². The van der Waals surface area contributed by atoms with Gasteiger partial charge in [0.1, 0.15) is 5.76 Å². The molecule has 0 spiro atoms. The van der Waals surface area contributed by atoms with Crippen molar-refractivity contribution >= 4 is 11.9 Å². The number of carboxylic acid groups (broad SMARTS) is 1. The van der Waals surface area contributed by atoms with Gasteiger partial charge in [0.05, 0.1) is 12.1 Å². The first-order chi connectivity index (χ1) is 10.1. The quantitative estimate of drug-likeness (QED) is 0.745. The molecule has 1 aromatic heterocycles. The van der Waals surface area contributed by atoms with Gasteiger partial charge in [-0.1, -0.05) is 12.1 Å². The predicted molar refractivity (Wildman–Crippen MR) is 76.0 cm³/mol. The van der Waals surface area contributed by atoms with E-state index < -0.39 is 5.97 Å². The second-order valence-corrected chi connectivity index (χ2v) is 4.48. The van der Waals surface area contributed by atoms with Gasteiger partial charge >= 0.3 is 5.97 Å². The molecule has 0 aliphatic carbocycles. The third kappa shape index (κ3) is 3.93. The van der Waals surface area contributed by atoms with Crippen LogP contribution in [-0.2, 0) is 13.0 Å². The first-order valence-electron chi connectivity index (χ1n) is 6.49. The first-order valence-corrected chi connectivity index (χ1v) is 6.49. The molecule has 0 fully saturated rings. The fraction of sp³-hybridized carbons (Fsp3) is 0.200. The Hall–Kier alpha value is -2.60. The summed E-state index contributed by atoms with van der Waals surface area (Å²) in [5.74, 6) is -0.457. The van der Waals surface area contributed by atoms with Crippen molar-refractivity contribution in [2.75, 3.05) is 6.54 Å². The molecular weight excluding hydrogens is 272 g/mol. The smallest absolute Gasteiger partial charge is 0.335 e. The molecule has 2 aromatic rings. The molecule has 4 N–H and O–H groups in total. The second-order valence-electron chi connectivity index (χ2n) is 4.48. The van der Waals surface area contributed by atoms with E-state index in [1.54, 1.807) is 36.4 Å². The van der Waals surface area contributed by atoms with E-state index >= 15 is 0 Å². The Bertz CT molecular complexity index is 631. The molecule has 0 radical (unpaired) electrons. The van der Waals surface area contributed by atoms with Crippen molar-refractivity contribution in [2.45, 2.75) is 13.0 Å². The summed E-state index contributed by atoms with van der Waals surface area (Å²) in [6.45, 7) is 0.688. The lowest BCUT2D eigenvalue weighted by Crippen LogP contribution is -2.25. The van der Waals surface area contributed by atoms with Crippen molar-refractivity contribution in [2.24, 2.45) is 5.73 Å². The summed E-state index contributed by atoms with van der Waals surface area (Å²) in [7, 11) is 0. The lowest BCUT2D eigenvalue weighted by Gasteiger charge is -2.04. The van der Waals surface area contributed by atoms with Crippen LogP contribution in [0.2, 0.25) is 0 Å². The van der Waals surface area contributed by atoms with Crippen LogP contribution in [0.4, 0.5) is 0 Å². The molecule has 0 aliphatic rings. The monoisotopic (exact) mass is 288 g/mol. The third-order valence-electron chi connectivity index (χ3n) is 2.99. The molecule has 0 aliphatic heterocycles. The fourth-order valence-electron chi connectivity index (χ4n) is 1.83. The van der Waals surface area contributed by atoms with Gasteiger partial charge in [-0.2, -0.15) is 0 Å². The summed E-state index contributed by atoms with van der Waals surface area (Å²) in [5.41, 5.74) is 6.60. The van der Waals surface area contributed by atoms with E-state index in [0.29, 0.717) is 18.7 Å². The summed E-state index contributed by atoms with van der Waals surface area (Å²) in [6, 6.07) is 9.79. The standard InChI is InChI=1S/C15H16N2O4/c16-9-12-5-6-13(21-12)14(18)17-8-7-10-1-3-11(4-2-10)15(19)20/h1-6H,7-9,16H2,(H,17,18)(H,19,20). The van der Waals surface area contributed by atoms with Crippen molar-refractivity contribution in [1.29, 1.82) is 0 Å². The van der Waals surface area contributed by atoms with E-state index in [-0.39, 0.29) is 23.8 Å². The van der Waals surface area contributed by atoms with Gasteiger partial charge in [-0.3, -0.25) is 4.79 Å². The molecule has 6 nitrogen and oxygen atoms in total. The molecule has 6 heteroatoms. The normalized spacial score (nSPS) is 10.3. The van der Waals surface area contributed by atoms with Crippen molar-refractivity contribution in [3.63, 3.8) is 0 Å². The highest BCUT2D eigenvalue weighted by Gasteiger charge is 2.10. The van der Waals surface area contributed by atoms with Gasteiger partial charge < -0.3 is 20.6 Å². The SMILES string of the molecule is NCc1ccc(C(=O)NCCc2ccc(C(=O)O)cc2)o1. The van der Waals surface area contributed by atoms with E-state index in [0.717, 1.165) is 5.56 Å². The number of carbonyl (C=O) groups is 2. The molecule has 0 atom stereocenters. The van der Waals surface area contributed by atoms with Gasteiger partial charge in [0.25, 0.3) is 5.91 Å². The number of nitrogens with two attached hydrogens (primary N) is 1. The van der Waals surface area contributed by atoms with E-state index in [9.17, 15) is 9.59 Å². The Morgan fingerprint density at radius 3 is 2.43 bits per heavy atom. The number of nitrogens with one attached hydrogen (secondary N) is 1. The summed E-state index contributed by atoms with van der Waals surface area (Å²) in [4.78, 5) is 22.5. The van der Waals surface area contributed by atoms with Gasteiger partial charge in [-0.25, -0.2) is 4.79 Å². The van der Waals surface area contributed by atoms with Crippen LogP contribution >= 0.6 is 0 Å². The zero-order valence-corrected chi connectivity index (χ0v) is 11.3. The first kappa shape index (κ1) is 14.8. The largest absolute Gasteiger partial charge is 0.478 e. The van der Waals surface area contributed by atoms with Crippen LogP contribution in [0.1, 0.15) is 32.2 Å². The minimum atomic E-state index is -0.955. The average Bonchev–Trinajstić information content (AvgIpc) is 2.96. The third-order valence-corrected chi connectivity index (χ3v) is 2.99. The highest BCUT2D eigenvalue weighted by molar-refractivity contribution is 5.91. The number of rotatable bonds is 6. The Labute approximate surface area is 121 Å². The molecule has 1 heterocycles. The molecule has 110 valence electrons. The molecule has 21 heavy (non-hydrogen) atoms. The van der Waals surface area contributed by atoms with Gasteiger partial charge in [-0.15, -0.1) is 0 Å². The van der Waals surface area contributed by atoms with E-state index in [1.807, 2.05) is 0 Å². The average molecular weight is 288 g/mol. The molecule has 2 rings (SSSR count). The fourth-order valence-corrected chi connectivity index (χ4v) is 1.83. The van der Waals surface area contributed by atoms with E-state index in [4.69, 9.17) is 15.3 Å². The van der Waals surface area contributed by atoms with Crippen molar-refractivity contribution in [1.82, 2.24) is 5.32 Å². The number of carbonyl (C=O) groups excluding carboxylic acids is 1. The molecule has 0 saturated carbocycles. The number of amides is 1. The molecule has 0 saturated heterocycles. The number of hydrogen-bond acceptors (Lipinski definition) is 4. The Morgan fingerprint density at radius 2 is 1.86 bits per heavy atom. The Morgan fingerprint density at radius 1 is 1.14 bits per heavy atom. The Balaban J connectivity index is 1.83. The van der Waals surface area contributed by atoms with Crippen LogP contribution in [0.3, 0.4) is 0 Å². The highest BCUT2D eigenvalue weighted by Crippen LogP contribution is 2.07. The van der Waals surface area contributed by atoms with Gasteiger partial charge in [-0.05, 0) is 36.2 Å². The van der Waals surface area contributed by atoms with Crippen LogP contribution in [-0.4, -0.2) is 23.5 Å². The number of aromatic carboxylic acids is 1. The Kier molecular flexibility index (Phi) is 4.73.